The van der Waals surface area contributed by atoms with Crippen LogP contribution in [-0.2, 0) is 13.1 Å². The summed E-state index contributed by atoms with van der Waals surface area (Å²) in [5.41, 5.74) is 0.611. The lowest BCUT2D eigenvalue weighted by molar-refractivity contribution is -0.385. The fourth-order valence-electron chi connectivity index (χ4n) is 1.94. The fraction of sp³-hybridized carbons (Fsp3) is 0.308. The third-order valence-corrected chi connectivity index (χ3v) is 2.83. The summed E-state index contributed by atoms with van der Waals surface area (Å²) in [4.78, 5) is 10.4. The van der Waals surface area contributed by atoms with Gasteiger partial charge in [-0.2, -0.15) is 0 Å². The van der Waals surface area contributed by atoms with Crippen molar-refractivity contribution < 1.29 is 10.0 Å². The Hall–Kier alpha value is -2.57. The summed E-state index contributed by atoms with van der Waals surface area (Å²) in [6.45, 7) is 2.86. The Morgan fingerprint density at radius 2 is 2.10 bits per heavy atom. The van der Waals surface area contributed by atoms with Gasteiger partial charge in [0, 0.05) is 13.1 Å². The molecule has 1 heterocycles. The average molecular weight is 276 g/mol. The molecule has 2 N–H and O–H groups in total. The minimum Gasteiger partial charge on any atom is -0.487 e. The third kappa shape index (κ3) is 2.87. The summed E-state index contributed by atoms with van der Waals surface area (Å²) < 4.78 is 1.43. The normalized spacial score (nSPS) is 10.4. The van der Waals surface area contributed by atoms with Crippen molar-refractivity contribution in [1.82, 2.24) is 9.78 Å². The Balaban J connectivity index is 2.26. The predicted molar refractivity (Wildman–Crippen MR) is 74.6 cm³/mol. The number of aromatic nitrogens is 2. The van der Waals surface area contributed by atoms with Gasteiger partial charge in [0.25, 0.3) is 0 Å². The molecule has 2 rings (SSSR count). The van der Waals surface area contributed by atoms with E-state index in [2.05, 4.69) is 10.4 Å². The van der Waals surface area contributed by atoms with Crippen molar-refractivity contribution in [2.75, 3.05) is 5.32 Å². The van der Waals surface area contributed by atoms with E-state index in [1.807, 2.05) is 37.3 Å². The fourth-order valence-corrected chi connectivity index (χ4v) is 1.94. The molecule has 0 fully saturated rings. The van der Waals surface area contributed by atoms with Crippen LogP contribution < -0.4 is 5.32 Å². The van der Waals surface area contributed by atoms with Crippen LogP contribution in [0.2, 0.25) is 0 Å². The number of nitrogens with one attached hydrogen (secondary N) is 1. The quantitative estimate of drug-likeness (QED) is 0.624. The summed E-state index contributed by atoms with van der Waals surface area (Å²) in [7, 11) is 0. The van der Waals surface area contributed by atoms with Gasteiger partial charge >= 0.3 is 11.6 Å². The Bertz CT molecular complexity index is 595. The monoisotopic (exact) mass is 276 g/mol. The molecule has 0 saturated heterocycles. The molecule has 7 nitrogen and oxygen atoms in total. The molecule has 0 saturated carbocycles. The summed E-state index contributed by atoms with van der Waals surface area (Å²) in [5, 5.41) is 27.4. The van der Waals surface area contributed by atoms with E-state index in [1.54, 1.807) is 0 Å². The molecule has 20 heavy (non-hydrogen) atoms. The first-order valence-corrected chi connectivity index (χ1v) is 6.35. The molecule has 2 aromatic rings. The number of nitro groups is 1. The van der Waals surface area contributed by atoms with Crippen LogP contribution in [0.25, 0.3) is 0 Å². The molecule has 1 aromatic carbocycles. The highest BCUT2D eigenvalue weighted by atomic mass is 16.6. The first kappa shape index (κ1) is 13.9. The molecule has 7 heteroatoms. The van der Waals surface area contributed by atoms with Crippen LogP contribution in [-0.4, -0.2) is 19.8 Å². The number of anilines is 1. The summed E-state index contributed by atoms with van der Waals surface area (Å²) in [5.74, 6) is -0.322. The van der Waals surface area contributed by atoms with Gasteiger partial charge in [-0.1, -0.05) is 37.3 Å². The van der Waals surface area contributed by atoms with Crippen molar-refractivity contribution >= 4 is 11.5 Å². The first-order valence-electron chi connectivity index (χ1n) is 6.35. The highest BCUT2D eigenvalue weighted by Gasteiger charge is 2.27. The predicted octanol–water partition coefficient (Wildman–Crippen LogP) is 2.52. The van der Waals surface area contributed by atoms with Crippen molar-refractivity contribution in [3.05, 3.63) is 46.0 Å². The molecule has 0 aliphatic heterocycles. The van der Waals surface area contributed by atoms with Gasteiger partial charge < -0.3 is 10.4 Å². The number of aryl methyl sites for hydroxylation is 1. The van der Waals surface area contributed by atoms with Crippen molar-refractivity contribution in [3.63, 3.8) is 0 Å². The second-order valence-electron chi connectivity index (χ2n) is 4.34. The summed E-state index contributed by atoms with van der Waals surface area (Å²) in [6.07, 6.45) is 0.762. The smallest absolute Gasteiger partial charge is 0.373 e. The molecule has 0 bridgehead atoms. The van der Waals surface area contributed by atoms with Gasteiger partial charge in [0.05, 0.1) is 4.92 Å². The minimum atomic E-state index is -0.623. The van der Waals surface area contributed by atoms with Crippen molar-refractivity contribution in [1.29, 1.82) is 0 Å². The molecule has 0 amide bonds. The maximum Gasteiger partial charge on any atom is 0.373 e. The highest BCUT2D eigenvalue weighted by molar-refractivity contribution is 5.62. The van der Waals surface area contributed by atoms with Gasteiger partial charge in [-0.25, -0.2) is 4.68 Å². The zero-order valence-corrected chi connectivity index (χ0v) is 11.1. The topological polar surface area (TPSA) is 93.2 Å². The minimum absolute atomic E-state index is 0.234. The van der Waals surface area contributed by atoms with Crippen LogP contribution >= 0.6 is 0 Å². The molecule has 0 aliphatic rings. The SMILES string of the molecule is CCCn1nc(O)c([N+](=O)[O-])c1NCc1ccccc1. The van der Waals surface area contributed by atoms with Crippen LogP contribution in [0.15, 0.2) is 30.3 Å². The molecule has 1 aromatic heterocycles. The van der Waals surface area contributed by atoms with E-state index < -0.39 is 10.8 Å². The summed E-state index contributed by atoms with van der Waals surface area (Å²) >= 11 is 0. The first-order chi connectivity index (χ1) is 9.63. The number of hydrogen-bond acceptors (Lipinski definition) is 5. The van der Waals surface area contributed by atoms with Crippen LogP contribution in [0.5, 0.6) is 5.88 Å². The molecular weight excluding hydrogens is 260 g/mol. The molecule has 0 unspecified atom stereocenters. The van der Waals surface area contributed by atoms with Gasteiger partial charge in [-0.15, -0.1) is 5.10 Å². The van der Waals surface area contributed by atoms with E-state index in [0.717, 1.165) is 12.0 Å². The number of aromatic hydroxyl groups is 1. The highest BCUT2D eigenvalue weighted by Crippen LogP contribution is 2.33. The lowest BCUT2D eigenvalue weighted by atomic mass is 10.2. The number of hydrogen-bond donors (Lipinski definition) is 2. The van der Waals surface area contributed by atoms with E-state index in [1.165, 1.54) is 4.68 Å². The molecule has 106 valence electrons. The lowest BCUT2D eigenvalue weighted by Gasteiger charge is -2.08. The van der Waals surface area contributed by atoms with Gasteiger partial charge in [0.2, 0.25) is 5.82 Å². The van der Waals surface area contributed by atoms with Crippen molar-refractivity contribution in [2.24, 2.45) is 0 Å². The third-order valence-electron chi connectivity index (χ3n) is 2.83. The largest absolute Gasteiger partial charge is 0.487 e. The van der Waals surface area contributed by atoms with Crippen LogP contribution in [0.4, 0.5) is 11.5 Å². The van der Waals surface area contributed by atoms with E-state index in [-0.39, 0.29) is 11.5 Å². The van der Waals surface area contributed by atoms with E-state index in [9.17, 15) is 15.2 Å². The maximum atomic E-state index is 11.0. The van der Waals surface area contributed by atoms with E-state index >= 15 is 0 Å². The number of rotatable bonds is 6. The second kappa shape index (κ2) is 6.05. The second-order valence-corrected chi connectivity index (χ2v) is 4.34. The molecular formula is C13H16N4O3. The lowest BCUT2D eigenvalue weighted by Crippen LogP contribution is -2.09. The van der Waals surface area contributed by atoms with Crippen LogP contribution in [0.3, 0.4) is 0 Å². The average Bonchev–Trinajstić information content (AvgIpc) is 2.74. The van der Waals surface area contributed by atoms with E-state index in [4.69, 9.17) is 0 Å². The molecule has 0 spiro atoms. The van der Waals surface area contributed by atoms with E-state index in [0.29, 0.717) is 13.1 Å². The van der Waals surface area contributed by atoms with Crippen molar-refractivity contribution in [3.8, 4) is 5.88 Å². The Morgan fingerprint density at radius 3 is 2.70 bits per heavy atom. The van der Waals surface area contributed by atoms with Gasteiger partial charge in [0.1, 0.15) is 0 Å². The zero-order valence-electron chi connectivity index (χ0n) is 11.1. The van der Waals surface area contributed by atoms with Crippen molar-refractivity contribution in [2.45, 2.75) is 26.4 Å². The van der Waals surface area contributed by atoms with Gasteiger partial charge in [0.15, 0.2) is 0 Å². The number of benzene rings is 1. The van der Waals surface area contributed by atoms with Gasteiger partial charge in [-0.05, 0) is 12.0 Å². The van der Waals surface area contributed by atoms with Crippen LogP contribution in [0.1, 0.15) is 18.9 Å². The standard InChI is InChI=1S/C13H16N4O3/c1-2-8-16-12(11(17(19)20)13(18)15-16)14-9-10-6-4-3-5-7-10/h3-7,14H,2,8-9H2,1H3,(H,15,18). The zero-order chi connectivity index (χ0) is 14.5. The van der Waals surface area contributed by atoms with Gasteiger partial charge in [-0.3, -0.25) is 10.1 Å². The van der Waals surface area contributed by atoms with Crippen LogP contribution in [0, 0.1) is 10.1 Å². The molecule has 0 radical (unpaired) electrons. The maximum absolute atomic E-state index is 11.0. The Morgan fingerprint density at radius 1 is 1.40 bits per heavy atom. The summed E-state index contributed by atoms with van der Waals surface area (Å²) in [6, 6.07) is 9.52. The number of nitrogens with zero attached hydrogens (tertiary/aromatic N) is 3. The Labute approximate surface area is 116 Å². The molecule has 0 aliphatic carbocycles. The molecule has 0 atom stereocenters. The Kier molecular flexibility index (Phi) is 4.19.